The van der Waals surface area contributed by atoms with Crippen LogP contribution in [0.4, 0.5) is 0 Å². The summed E-state index contributed by atoms with van der Waals surface area (Å²) in [6.45, 7) is 6.68. The summed E-state index contributed by atoms with van der Waals surface area (Å²) < 4.78 is 0. The maximum atomic E-state index is 3.93. The van der Waals surface area contributed by atoms with Gasteiger partial charge in [-0.3, -0.25) is 0 Å². The van der Waals surface area contributed by atoms with Gasteiger partial charge in [0.05, 0.1) is 6.04 Å². The monoisotopic (exact) mass is 116 g/mol. The van der Waals surface area contributed by atoms with Gasteiger partial charge in [-0.2, -0.15) is 0 Å². The smallest absolute Gasteiger partial charge is 0.0817 e. The maximum Gasteiger partial charge on any atom is 0.0817 e. The third kappa shape index (κ3) is 4.13. The predicted octanol–water partition coefficient (Wildman–Crippen LogP) is 1.05. The second kappa shape index (κ2) is 3.90. The van der Waals surface area contributed by atoms with Crippen molar-refractivity contribution in [3.05, 3.63) is 0 Å². The minimum absolute atomic E-state index is 0.630. The molecule has 0 aromatic carbocycles. The van der Waals surface area contributed by atoms with Gasteiger partial charge in [0.25, 0.3) is 0 Å². The van der Waals surface area contributed by atoms with Gasteiger partial charge in [0.2, 0.25) is 0 Å². The molecule has 0 unspecified atom stereocenters. The molecular weight excluding hydrogens is 98.1 g/mol. The number of rotatable bonds is 3. The zero-order valence-corrected chi connectivity index (χ0v) is 6.28. The van der Waals surface area contributed by atoms with Gasteiger partial charge in [0.15, 0.2) is 0 Å². The average Bonchev–Trinajstić information content (AvgIpc) is 1.65. The van der Waals surface area contributed by atoms with Gasteiger partial charge >= 0.3 is 0 Å². The summed E-state index contributed by atoms with van der Waals surface area (Å²) >= 11 is 0. The highest BCUT2D eigenvalue weighted by Gasteiger charge is 2.03. The van der Waals surface area contributed by atoms with E-state index in [1.165, 1.54) is 12.8 Å². The normalized spacial score (nSPS) is 18.0. The Kier molecular flexibility index (Phi) is 3.88. The molecule has 0 fully saturated rings. The van der Waals surface area contributed by atoms with Gasteiger partial charge in [-0.1, -0.05) is 20.3 Å². The molecule has 50 valence electrons. The van der Waals surface area contributed by atoms with Crippen LogP contribution >= 0.6 is 0 Å². The summed E-state index contributed by atoms with van der Waals surface area (Å²) in [5.41, 5.74) is 3.93. The van der Waals surface area contributed by atoms with E-state index in [2.05, 4.69) is 26.5 Å². The summed E-state index contributed by atoms with van der Waals surface area (Å²) in [4.78, 5) is 0. The quantitative estimate of drug-likeness (QED) is 0.571. The first-order valence-electron chi connectivity index (χ1n) is 3.49. The largest absolute Gasteiger partial charge is 0.355 e. The molecule has 2 atom stereocenters. The molecule has 0 saturated carbocycles. The Labute approximate surface area is 52.3 Å². The van der Waals surface area contributed by atoms with Crippen LogP contribution < -0.4 is 5.73 Å². The molecule has 8 heavy (non-hydrogen) atoms. The Balaban J connectivity index is 3.10. The lowest BCUT2D eigenvalue weighted by Gasteiger charge is -2.07. The highest BCUT2D eigenvalue weighted by molar-refractivity contribution is 4.52. The number of hydrogen-bond acceptors (Lipinski definition) is 0. The zero-order valence-electron chi connectivity index (χ0n) is 6.28. The van der Waals surface area contributed by atoms with Gasteiger partial charge in [-0.25, -0.2) is 0 Å². The second-order valence-electron chi connectivity index (χ2n) is 2.85. The van der Waals surface area contributed by atoms with Gasteiger partial charge in [0.1, 0.15) is 0 Å². The van der Waals surface area contributed by atoms with Crippen molar-refractivity contribution in [1.29, 1.82) is 0 Å². The van der Waals surface area contributed by atoms with Crippen LogP contribution in [0, 0.1) is 5.92 Å². The van der Waals surface area contributed by atoms with Crippen LogP contribution in [0.2, 0.25) is 0 Å². The van der Waals surface area contributed by atoms with Crippen molar-refractivity contribution in [2.45, 2.75) is 39.7 Å². The van der Waals surface area contributed by atoms with Crippen molar-refractivity contribution in [2.24, 2.45) is 5.92 Å². The van der Waals surface area contributed by atoms with E-state index in [4.69, 9.17) is 0 Å². The van der Waals surface area contributed by atoms with Gasteiger partial charge in [0, 0.05) is 6.42 Å². The summed E-state index contributed by atoms with van der Waals surface area (Å²) in [6.07, 6.45) is 2.57. The molecule has 3 N–H and O–H groups in total. The van der Waals surface area contributed by atoms with Gasteiger partial charge < -0.3 is 5.73 Å². The van der Waals surface area contributed by atoms with Gasteiger partial charge in [-0.15, -0.1) is 0 Å². The Morgan fingerprint density at radius 3 is 2.00 bits per heavy atom. The highest BCUT2D eigenvalue weighted by atomic mass is 14.6. The van der Waals surface area contributed by atoms with Crippen LogP contribution in [0.5, 0.6) is 0 Å². The summed E-state index contributed by atoms with van der Waals surface area (Å²) in [6, 6.07) is 0.630. The van der Waals surface area contributed by atoms with Crippen LogP contribution in [0.1, 0.15) is 33.6 Å². The molecule has 0 aliphatic carbocycles. The molecule has 1 heteroatoms. The minimum atomic E-state index is 0.630. The Morgan fingerprint density at radius 1 is 1.38 bits per heavy atom. The third-order valence-corrected chi connectivity index (χ3v) is 1.50. The molecule has 0 saturated heterocycles. The van der Waals surface area contributed by atoms with E-state index in [1.54, 1.807) is 0 Å². The first-order valence-corrected chi connectivity index (χ1v) is 3.49. The van der Waals surface area contributed by atoms with Crippen LogP contribution in [0.15, 0.2) is 0 Å². The molecule has 0 amide bonds. The van der Waals surface area contributed by atoms with Crippen molar-refractivity contribution in [3.63, 3.8) is 0 Å². The Morgan fingerprint density at radius 2 is 1.88 bits per heavy atom. The van der Waals surface area contributed by atoms with Crippen molar-refractivity contribution in [1.82, 2.24) is 0 Å². The Hall–Kier alpha value is -0.0400. The summed E-state index contributed by atoms with van der Waals surface area (Å²) in [5.74, 6) is 0.863. The fourth-order valence-electron chi connectivity index (χ4n) is 0.854. The van der Waals surface area contributed by atoms with Crippen LogP contribution in [0.25, 0.3) is 0 Å². The lowest BCUT2D eigenvalue weighted by Crippen LogP contribution is -2.59. The first kappa shape index (κ1) is 7.96. The molecule has 0 radical (unpaired) electrons. The fourth-order valence-corrected chi connectivity index (χ4v) is 0.854. The second-order valence-corrected chi connectivity index (χ2v) is 2.85. The van der Waals surface area contributed by atoms with E-state index in [1.807, 2.05) is 0 Å². The minimum Gasteiger partial charge on any atom is -0.355 e. The summed E-state index contributed by atoms with van der Waals surface area (Å²) in [7, 11) is 0. The Bertz CT molecular complexity index is 50.3. The van der Waals surface area contributed by atoms with E-state index in [9.17, 15) is 0 Å². The lowest BCUT2D eigenvalue weighted by atomic mass is 10.0. The van der Waals surface area contributed by atoms with Crippen molar-refractivity contribution >= 4 is 0 Å². The molecule has 0 bridgehead atoms. The zero-order chi connectivity index (χ0) is 6.57. The van der Waals surface area contributed by atoms with Crippen molar-refractivity contribution in [3.8, 4) is 0 Å². The van der Waals surface area contributed by atoms with Crippen molar-refractivity contribution < 1.29 is 5.73 Å². The molecule has 0 rings (SSSR count). The highest BCUT2D eigenvalue weighted by Crippen LogP contribution is 2.06. The molecule has 0 aliphatic heterocycles. The topological polar surface area (TPSA) is 27.6 Å². The molecule has 1 nitrogen and oxygen atoms in total. The number of hydrogen-bond donors (Lipinski definition) is 1. The average molecular weight is 116 g/mol. The predicted molar refractivity (Wildman–Crippen MR) is 36.4 cm³/mol. The molecular formula is C7H18N+. The van der Waals surface area contributed by atoms with Crippen LogP contribution in [0.3, 0.4) is 0 Å². The van der Waals surface area contributed by atoms with E-state index in [0.717, 1.165) is 5.92 Å². The third-order valence-electron chi connectivity index (χ3n) is 1.50. The van der Waals surface area contributed by atoms with Crippen LogP contribution in [-0.4, -0.2) is 6.04 Å². The van der Waals surface area contributed by atoms with E-state index < -0.39 is 0 Å². The van der Waals surface area contributed by atoms with E-state index in [0.29, 0.717) is 6.04 Å². The first-order chi connectivity index (χ1) is 3.66. The fraction of sp³-hybridized carbons (Fsp3) is 1.00. The lowest BCUT2D eigenvalue weighted by molar-refractivity contribution is -0.417. The molecule has 0 aromatic heterocycles. The van der Waals surface area contributed by atoms with E-state index in [-0.39, 0.29) is 0 Å². The van der Waals surface area contributed by atoms with Crippen molar-refractivity contribution in [2.75, 3.05) is 0 Å². The van der Waals surface area contributed by atoms with E-state index >= 15 is 0 Å². The van der Waals surface area contributed by atoms with Gasteiger partial charge in [-0.05, 0) is 12.8 Å². The molecule has 0 aromatic rings. The van der Waals surface area contributed by atoms with Crippen LogP contribution in [-0.2, 0) is 0 Å². The maximum absolute atomic E-state index is 3.93. The number of quaternary nitrogens is 1. The molecule has 0 heterocycles. The summed E-state index contributed by atoms with van der Waals surface area (Å²) in [5, 5.41) is 0. The molecule has 0 aliphatic rings. The molecule has 0 spiro atoms. The standard InChI is InChI=1S/C7H17N/c1-4-6(2)5-7(3)8/h6-7H,4-5,8H2,1-3H3/p+1/t6-,7-/m1/s1. The SMILES string of the molecule is CC[C@@H](C)C[C@@H](C)[NH3+].